The maximum absolute atomic E-state index is 15.4. The van der Waals surface area contributed by atoms with Crippen molar-refractivity contribution in [2.75, 3.05) is 75.1 Å². The molecule has 0 saturated carbocycles. The van der Waals surface area contributed by atoms with Crippen LogP contribution in [-0.4, -0.2) is 96.2 Å². The fraction of sp³-hybridized carbons (Fsp3) is 0.250. The van der Waals surface area contributed by atoms with Crippen LogP contribution in [-0.2, 0) is 4.74 Å². The fourth-order valence-electron chi connectivity index (χ4n) is 5.91. The van der Waals surface area contributed by atoms with Crippen molar-refractivity contribution in [3.05, 3.63) is 96.6 Å². The average molecular weight is 647 g/mol. The van der Waals surface area contributed by atoms with Crippen LogP contribution in [0.25, 0.3) is 33.4 Å². The highest BCUT2D eigenvalue weighted by Gasteiger charge is 2.22. The van der Waals surface area contributed by atoms with Gasteiger partial charge in [0, 0.05) is 90.7 Å². The van der Waals surface area contributed by atoms with Crippen molar-refractivity contribution in [3.63, 3.8) is 0 Å². The van der Waals surface area contributed by atoms with Gasteiger partial charge in [0.1, 0.15) is 11.6 Å². The average Bonchev–Trinajstić information content (AvgIpc) is 3.12. The predicted molar refractivity (Wildman–Crippen MR) is 184 cm³/mol. The van der Waals surface area contributed by atoms with E-state index < -0.39 is 6.03 Å². The van der Waals surface area contributed by atoms with E-state index >= 15 is 4.39 Å². The molecule has 2 fully saturated rings. The highest BCUT2D eigenvalue weighted by atomic mass is 19.1. The van der Waals surface area contributed by atoms with Gasteiger partial charge in [0.05, 0.1) is 18.7 Å². The molecule has 2 aliphatic rings. The van der Waals surface area contributed by atoms with Crippen LogP contribution in [0.2, 0.25) is 0 Å². The first-order valence-electron chi connectivity index (χ1n) is 15.9. The van der Waals surface area contributed by atoms with Gasteiger partial charge in [-0.25, -0.2) is 19.2 Å². The molecule has 0 unspecified atom stereocenters. The molecule has 0 bridgehead atoms. The van der Waals surface area contributed by atoms with Crippen LogP contribution < -0.4 is 15.5 Å². The number of aromatic nitrogens is 3. The molecular weight excluding hydrogens is 611 g/mol. The zero-order valence-electron chi connectivity index (χ0n) is 26.5. The largest absolute Gasteiger partial charge is 0.378 e. The van der Waals surface area contributed by atoms with Crippen molar-refractivity contribution < 1.29 is 18.7 Å². The number of pyridine rings is 1. The molecule has 0 radical (unpaired) electrons. The predicted octanol–water partition coefficient (Wildman–Crippen LogP) is 5.37. The first-order valence-corrected chi connectivity index (χ1v) is 15.9. The van der Waals surface area contributed by atoms with Crippen LogP contribution >= 0.6 is 0 Å². The van der Waals surface area contributed by atoms with Crippen LogP contribution in [0, 0.1) is 5.82 Å². The fourth-order valence-corrected chi connectivity index (χ4v) is 5.91. The lowest BCUT2D eigenvalue weighted by molar-refractivity contribution is 0.0664. The van der Waals surface area contributed by atoms with Gasteiger partial charge in [-0.2, -0.15) is 0 Å². The molecule has 5 aromatic rings. The van der Waals surface area contributed by atoms with Crippen LogP contribution in [0.4, 0.5) is 26.4 Å². The van der Waals surface area contributed by atoms with Crippen LogP contribution in [0.1, 0.15) is 10.4 Å². The Hall–Kier alpha value is -5.46. The minimum absolute atomic E-state index is 0.00671. The maximum atomic E-state index is 15.4. The second kappa shape index (κ2) is 13.7. The van der Waals surface area contributed by atoms with Gasteiger partial charge in [-0.3, -0.25) is 9.78 Å². The number of hydrogen-bond acceptors (Lipinski definition) is 8. The molecule has 0 aliphatic carbocycles. The van der Waals surface area contributed by atoms with Gasteiger partial charge in [-0.05, 0) is 73.8 Å². The maximum Gasteiger partial charge on any atom is 0.323 e. The lowest BCUT2D eigenvalue weighted by atomic mass is 10.0. The zero-order valence-corrected chi connectivity index (χ0v) is 26.5. The molecule has 4 heterocycles. The summed E-state index contributed by atoms with van der Waals surface area (Å²) in [6, 6.07) is 20.5. The minimum atomic E-state index is -0.414. The van der Waals surface area contributed by atoms with E-state index in [1.54, 1.807) is 60.9 Å². The smallest absolute Gasteiger partial charge is 0.323 e. The summed E-state index contributed by atoms with van der Waals surface area (Å²) in [6.07, 6.45) is 3.28. The Kier molecular flexibility index (Phi) is 8.91. The number of rotatable bonds is 6. The van der Waals surface area contributed by atoms with Gasteiger partial charge in [0.2, 0.25) is 0 Å². The number of anilines is 3. The van der Waals surface area contributed by atoms with E-state index in [-0.39, 0.29) is 11.7 Å². The normalized spacial score (nSPS) is 15.4. The molecule has 11 nitrogen and oxygen atoms in total. The summed E-state index contributed by atoms with van der Waals surface area (Å²) in [6.45, 7) is 5.47. The van der Waals surface area contributed by atoms with Crippen LogP contribution in [0.5, 0.6) is 0 Å². The topological polar surface area (TPSA) is 116 Å². The second-order valence-electron chi connectivity index (χ2n) is 11.9. The molecule has 7 rings (SSSR count). The highest BCUT2D eigenvalue weighted by Crippen LogP contribution is 2.33. The molecule has 2 aromatic heterocycles. The number of hydrogen-bond donors (Lipinski definition) is 2. The number of likely N-dealkylation sites (N-methyl/N-ethyl adjacent to an activating group) is 1. The van der Waals surface area contributed by atoms with Gasteiger partial charge in [0.25, 0.3) is 5.91 Å². The van der Waals surface area contributed by atoms with Gasteiger partial charge < -0.3 is 30.1 Å². The molecule has 0 atom stereocenters. The Morgan fingerprint density at radius 3 is 2.17 bits per heavy atom. The van der Waals surface area contributed by atoms with Gasteiger partial charge in [-0.1, -0.05) is 6.07 Å². The number of nitrogens with zero attached hydrogens (tertiary/aromatic N) is 6. The van der Waals surface area contributed by atoms with Crippen molar-refractivity contribution in [2.45, 2.75) is 0 Å². The standard InChI is InChI=1S/C36H35FN8O3/c1-43-13-15-45(16-14-43)35(46)25-6-10-28(11-7-25)40-36(47)39-27-8-4-24(5-9-27)33-41-32-22-29(26-3-2-12-38-23-26)31(37)21-30(32)34(42-33)44-17-19-48-20-18-44/h2-12,21-23H,13-20H2,1H3,(H2,39,40,47). The number of nitrogens with one attached hydrogen (secondary N) is 2. The third kappa shape index (κ3) is 6.80. The Morgan fingerprint density at radius 1 is 0.812 bits per heavy atom. The molecule has 244 valence electrons. The highest BCUT2D eigenvalue weighted by molar-refractivity contribution is 6.01. The first kappa shape index (κ1) is 31.2. The number of ether oxygens (including phenoxy) is 1. The molecule has 3 aromatic carbocycles. The first-order chi connectivity index (χ1) is 23.4. The third-order valence-electron chi connectivity index (χ3n) is 8.63. The molecule has 0 spiro atoms. The Morgan fingerprint density at radius 2 is 1.50 bits per heavy atom. The number of piperazine rings is 1. The van der Waals surface area contributed by atoms with Crippen molar-refractivity contribution >= 4 is 40.0 Å². The van der Waals surface area contributed by atoms with Gasteiger partial charge in [-0.15, -0.1) is 0 Å². The number of amides is 3. The molecule has 48 heavy (non-hydrogen) atoms. The van der Waals surface area contributed by atoms with Crippen molar-refractivity contribution in [3.8, 4) is 22.5 Å². The van der Waals surface area contributed by atoms with Crippen molar-refractivity contribution in [1.29, 1.82) is 0 Å². The summed E-state index contributed by atoms with van der Waals surface area (Å²) in [7, 11) is 2.05. The summed E-state index contributed by atoms with van der Waals surface area (Å²) >= 11 is 0. The van der Waals surface area contributed by atoms with E-state index in [1.807, 2.05) is 30.1 Å². The van der Waals surface area contributed by atoms with Gasteiger partial charge in [0.15, 0.2) is 5.82 Å². The minimum Gasteiger partial charge on any atom is -0.378 e. The number of carbonyl (C=O) groups is 2. The molecule has 2 saturated heterocycles. The van der Waals surface area contributed by atoms with E-state index in [1.165, 1.54) is 6.07 Å². The van der Waals surface area contributed by atoms with E-state index in [2.05, 4.69) is 25.4 Å². The lowest BCUT2D eigenvalue weighted by Gasteiger charge is -2.32. The Labute approximate surface area is 277 Å². The number of halogens is 1. The Balaban J connectivity index is 1.08. The van der Waals surface area contributed by atoms with Crippen LogP contribution in [0.3, 0.4) is 0 Å². The number of urea groups is 1. The molecular formula is C36H35FN8O3. The summed E-state index contributed by atoms with van der Waals surface area (Å²) in [5.74, 6) is 0.751. The van der Waals surface area contributed by atoms with E-state index in [0.29, 0.717) is 90.0 Å². The Bertz CT molecular complexity index is 1930. The van der Waals surface area contributed by atoms with Crippen LogP contribution in [0.15, 0.2) is 85.2 Å². The summed E-state index contributed by atoms with van der Waals surface area (Å²) in [5.41, 5.74) is 4.16. The third-order valence-corrected chi connectivity index (χ3v) is 8.63. The quantitative estimate of drug-likeness (QED) is 0.253. The number of morpholine rings is 1. The van der Waals surface area contributed by atoms with E-state index in [4.69, 9.17) is 14.7 Å². The molecule has 3 amide bonds. The SMILES string of the molecule is CN1CCN(C(=O)c2ccc(NC(=O)Nc3ccc(-c4nc(N5CCOCC5)c5cc(F)c(-c6cccnc6)cc5n4)cc3)cc2)CC1. The lowest BCUT2D eigenvalue weighted by Crippen LogP contribution is -2.47. The monoisotopic (exact) mass is 646 g/mol. The second-order valence-corrected chi connectivity index (χ2v) is 11.9. The number of carbonyl (C=O) groups excluding carboxylic acids is 2. The summed E-state index contributed by atoms with van der Waals surface area (Å²) in [5, 5.41) is 6.29. The van der Waals surface area contributed by atoms with Gasteiger partial charge >= 0.3 is 6.03 Å². The summed E-state index contributed by atoms with van der Waals surface area (Å²) < 4.78 is 21.0. The van der Waals surface area contributed by atoms with Crippen molar-refractivity contribution in [1.82, 2.24) is 24.8 Å². The molecule has 2 aliphatic heterocycles. The van der Waals surface area contributed by atoms with E-state index in [0.717, 1.165) is 18.7 Å². The van der Waals surface area contributed by atoms with Crippen molar-refractivity contribution in [2.24, 2.45) is 0 Å². The number of benzene rings is 3. The molecule has 12 heteroatoms. The van der Waals surface area contributed by atoms with E-state index in [9.17, 15) is 9.59 Å². The summed E-state index contributed by atoms with van der Waals surface area (Å²) in [4.78, 5) is 45.7. The number of fused-ring (bicyclic) bond motifs is 1. The molecule has 2 N–H and O–H groups in total. The zero-order chi connectivity index (χ0) is 33.0.